The van der Waals surface area contributed by atoms with E-state index in [9.17, 15) is 14.9 Å². The fourth-order valence-electron chi connectivity index (χ4n) is 3.23. The number of amides is 1. The zero-order valence-corrected chi connectivity index (χ0v) is 18.4. The molecule has 0 bridgehead atoms. The molecule has 0 fully saturated rings. The number of aliphatic imine (C=N–C) groups is 1. The van der Waals surface area contributed by atoms with Gasteiger partial charge in [0.2, 0.25) is 5.91 Å². The highest BCUT2D eigenvalue weighted by Crippen LogP contribution is 2.31. The molecule has 1 unspecified atom stereocenters. The summed E-state index contributed by atoms with van der Waals surface area (Å²) in [6, 6.07) is 14.3. The van der Waals surface area contributed by atoms with E-state index in [0.717, 1.165) is 11.3 Å². The maximum absolute atomic E-state index is 12.0. The molecule has 0 aromatic heterocycles. The third kappa shape index (κ3) is 5.89. The van der Waals surface area contributed by atoms with Crippen molar-refractivity contribution in [3.63, 3.8) is 0 Å². The van der Waals surface area contributed by atoms with Crippen LogP contribution in [0.5, 0.6) is 0 Å². The first-order valence-electron chi connectivity index (χ1n) is 9.21. The summed E-state index contributed by atoms with van der Waals surface area (Å²) in [4.78, 5) is 27.2. The maximum atomic E-state index is 12.0. The molecule has 0 saturated heterocycles. The van der Waals surface area contributed by atoms with Crippen molar-refractivity contribution in [1.29, 1.82) is 0 Å². The number of fused-ring (bicyclic) bond motifs is 1. The summed E-state index contributed by atoms with van der Waals surface area (Å²) in [5.74, 6) is 0.580. The van der Waals surface area contributed by atoms with Crippen LogP contribution >= 0.6 is 24.0 Å². The number of guanidine groups is 1. The van der Waals surface area contributed by atoms with Gasteiger partial charge in [-0.3, -0.25) is 14.9 Å². The minimum Gasteiger partial charge on any atom is -0.357 e. The molecule has 1 atom stereocenters. The fraction of sp³-hybridized carbons (Fsp3) is 0.300. The standard InChI is InChI=1S/C20H23N5O3.HI/c1-2-21-20(22-12-14-7-3-6-10-18(14)25(27)28)23-13-15-11-19(26)24-17-9-5-4-8-16(15)17;/h3-10,15H,2,11-13H2,1H3,(H,24,26)(H2,21,22,23);1H. The van der Waals surface area contributed by atoms with E-state index in [-0.39, 0.29) is 48.0 Å². The van der Waals surface area contributed by atoms with Gasteiger partial charge in [-0.05, 0) is 18.6 Å². The molecular weight excluding hydrogens is 485 g/mol. The van der Waals surface area contributed by atoms with Crippen molar-refractivity contribution in [2.24, 2.45) is 4.99 Å². The van der Waals surface area contributed by atoms with Crippen LogP contribution in [-0.4, -0.2) is 29.9 Å². The van der Waals surface area contributed by atoms with Gasteiger partial charge in [0.1, 0.15) is 0 Å². The van der Waals surface area contributed by atoms with Gasteiger partial charge in [-0.15, -0.1) is 24.0 Å². The highest BCUT2D eigenvalue weighted by Gasteiger charge is 2.24. The number of nitrogens with zero attached hydrogens (tertiary/aromatic N) is 2. The number of hydrogen-bond acceptors (Lipinski definition) is 4. The van der Waals surface area contributed by atoms with Gasteiger partial charge in [-0.2, -0.15) is 0 Å². The van der Waals surface area contributed by atoms with E-state index in [1.54, 1.807) is 18.2 Å². The highest BCUT2D eigenvalue weighted by molar-refractivity contribution is 14.0. The topological polar surface area (TPSA) is 109 Å². The molecule has 0 radical (unpaired) electrons. The van der Waals surface area contributed by atoms with Crippen LogP contribution in [0.15, 0.2) is 53.5 Å². The molecule has 9 heteroatoms. The molecule has 0 aliphatic carbocycles. The van der Waals surface area contributed by atoms with Gasteiger partial charge in [0, 0.05) is 37.2 Å². The fourth-order valence-corrected chi connectivity index (χ4v) is 3.23. The summed E-state index contributed by atoms with van der Waals surface area (Å²) in [5.41, 5.74) is 2.53. The van der Waals surface area contributed by atoms with Crippen LogP contribution in [0.4, 0.5) is 11.4 Å². The van der Waals surface area contributed by atoms with Gasteiger partial charge in [-0.1, -0.05) is 36.4 Å². The lowest BCUT2D eigenvalue weighted by Crippen LogP contribution is -2.40. The zero-order chi connectivity index (χ0) is 19.9. The highest BCUT2D eigenvalue weighted by atomic mass is 127. The second kappa shape index (κ2) is 10.7. The molecule has 2 aromatic carbocycles. The predicted molar refractivity (Wildman–Crippen MR) is 124 cm³/mol. The van der Waals surface area contributed by atoms with Gasteiger partial charge in [0.15, 0.2) is 5.96 Å². The maximum Gasteiger partial charge on any atom is 0.274 e. The zero-order valence-electron chi connectivity index (χ0n) is 16.1. The lowest BCUT2D eigenvalue weighted by molar-refractivity contribution is -0.385. The number of nitro groups is 1. The summed E-state index contributed by atoms with van der Waals surface area (Å²) in [5, 5.41) is 20.5. The number of nitro benzene ring substituents is 1. The third-order valence-electron chi connectivity index (χ3n) is 4.56. The third-order valence-corrected chi connectivity index (χ3v) is 4.56. The monoisotopic (exact) mass is 509 g/mol. The summed E-state index contributed by atoms with van der Waals surface area (Å²) in [6.45, 7) is 3.33. The Hall–Kier alpha value is -2.69. The summed E-state index contributed by atoms with van der Waals surface area (Å²) in [6.07, 6.45) is 0.396. The molecule has 0 saturated carbocycles. The number of carbonyl (C=O) groups excluding carboxylic acids is 1. The van der Waals surface area contributed by atoms with Crippen molar-refractivity contribution < 1.29 is 9.72 Å². The van der Waals surface area contributed by atoms with Crippen LogP contribution in [0.1, 0.15) is 30.4 Å². The Bertz CT molecular complexity index is 903. The van der Waals surface area contributed by atoms with E-state index in [1.165, 1.54) is 6.07 Å². The van der Waals surface area contributed by atoms with E-state index in [1.807, 2.05) is 31.2 Å². The first kappa shape index (κ1) is 22.6. The van der Waals surface area contributed by atoms with E-state index >= 15 is 0 Å². The minimum absolute atomic E-state index is 0. The predicted octanol–water partition coefficient (Wildman–Crippen LogP) is 3.39. The number of hydrogen-bond donors (Lipinski definition) is 3. The smallest absolute Gasteiger partial charge is 0.274 e. The molecular formula is C20H24IN5O3. The van der Waals surface area contributed by atoms with Crippen molar-refractivity contribution in [2.75, 3.05) is 18.4 Å². The lowest BCUT2D eigenvalue weighted by Gasteiger charge is -2.26. The Balaban J connectivity index is 0.00000300. The van der Waals surface area contributed by atoms with Crippen molar-refractivity contribution in [1.82, 2.24) is 10.6 Å². The quantitative estimate of drug-likeness (QED) is 0.182. The summed E-state index contributed by atoms with van der Waals surface area (Å²) < 4.78 is 0. The molecule has 1 aliphatic heterocycles. The lowest BCUT2D eigenvalue weighted by atomic mass is 9.90. The molecule has 3 rings (SSSR count). The second-order valence-electron chi connectivity index (χ2n) is 6.50. The first-order chi connectivity index (χ1) is 13.6. The largest absolute Gasteiger partial charge is 0.357 e. The molecule has 1 amide bonds. The molecule has 0 spiro atoms. The van der Waals surface area contributed by atoms with Gasteiger partial charge < -0.3 is 16.0 Å². The van der Waals surface area contributed by atoms with Crippen molar-refractivity contribution >= 4 is 47.2 Å². The van der Waals surface area contributed by atoms with Crippen LogP contribution in [0.25, 0.3) is 0 Å². The Labute approximate surface area is 186 Å². The molecule has 1 aliphatic rings. The van der Waals surface area contributed by atoms with Crippen LogP contribution in [0, 0.1) is 10.1 Å². The molecule has 3 N–H and O–H groups in total. The van der Waals surface area contributed by atoms with E-state index < -0.39 is 4.92 Å². The van der Waals surface area contributed by atoms with Crippen LogP contribution < -0.4 is 16.0 Å². The molecule has 8 nitrogen and oxygen atoms in total. The number of para-hydroxylation sites is 2. The van der Waals surface area contributed by atoms with E-state index in [4.69, 9.17) is 0 Å². The Morgan fingerprint density at radius 2 is 1.93 bits per heavy atom. The van der Waals surface area contributed by atoms with E-state index in [0.29, 0.717) is 31.0 Å². The average Bonchev–Trinajstić information content (AvgIpc) is 2.69. The molecule has 1 heterocycles. The first-order valence-corrected chi connectivity index (χ1v) is 9.21. The number of benzene rings is 2. The number of nitrogens with one attached hydrogen (secondary N) is 3. The summed E-state index contributed by atoms with van der Waals surface area (Å²) >= 11 is 0. The Morgan fingerprint density at radius 3 is 2.69 bits per heavy atom. The number of anilines is 1. The molecule has 154 valence electrons. The van der Waals surface area contributed by atoms with Crippen molar-refractivity contribution in [3.05, 3.63) is 69.8 Å². The second-order valence-corrected chi connectivity index (χ2v) is 6.50. The summed E-state index contributed by atoms with van der Waals surface area (Å²) in [7, 11) is 0. The van der Waals surface area contributed by atoms with Gasteiger partial charge in [0.25, 0.3) is 5.69 Å². The SMILES string of the molecule is CCNC(=NCc1ccccc1[N+](=O)[O-])NCC1CC(=O)Nc2ccccc21.I. The van der Waals surface area contributed by atoms with Crippen molar-refractivity contribution in [3.8, 4) is 0 Å². The minimum atomic E-state index is -0.400. The van der Waals surface area contributed by atoms with Crippen molar-refractivity contribution in [2.45, 2.75) is 25.8 Å². The average molecular weight is 509 g/mol. The Morgan fingerprint density at radius 1 is 1.21 bits per heavy atom. The van der Waals surface area contributed by atoms with Crippen LogP contribution in [0.2, 0.25) is 0 Å². The number of carbonyl (C=O) groups is 1. The molecule has 29 heavy (non-hydrogen) atoms. The Kier molecular flexibility index (Phi) is 8.37. The van der Waals surface area contributed by atoms with Gasteiger partial charge in [0.05, 0.1) is 17.0 Å². The number of rotatable bonds is 6. The normalized spacial score (nSPS) is 15.6. The van der Waals surface area contributed by atoms with Crippen LogP contribution in [0.3, 0.4) is 0 Å². The van der Waals surface area contributed by atoms with Crippen LogP contribution in [-0.2, 0) is 11.3 Å². The number of halogens is 1. The molecule has 2 aromatic rings. The van der Waals surface area contributed by atoms with Gasteiger partial charge in [-0.25, -0.2) is 4.99 Å². The van der Waals surface area contributed by atoms with Gasteiger partial charge >= 0.3 is 0 Å². The van der Waals surface area contributed by atoms with E-state index in [2.05, 4.69) is 20.9 Å².